The van der Waals surface area contributed by atoms with E-state index in [1.54, 1.807) is 12.1 Å². The molecular weight excluding hydrogens is 320 g/mol. The van der Waals surface area contributed by atoms with Crippen LogP contribution in [0.25, 0.3) is 5.57 Å². The summed E-state index contributed by atoms with van der Waals surface area (Å²) in [6.07, 6.45) is 3.01. The summed E-state index contributed by atoms with van der Waals surface area (Å²) in [5, 5.41) is 9.43. The molecule has 0 amide bonds. The van der Waals surface area contributed by atoms with Crippen LogP contribution in [0.4, 0.5) is 0 Å². The van der Waals surface area contributed by atoms with E-state index in [0.29, 0.717) is 19.0 Å². The van der Waals surface area contributed by atoms with E-state index in [2.05, 4.69) is 49.4 Å². The molecule has 0 bridgehead atoms. The third-order valence-corrected chi connectivity index (χ3v) is 4.31. The summed E-state index contributed by atoms with van der Waals surface area (Å²) in [6, 6.07) is 26.1. The van der Waals surface area contributed by atoms with Crippen molar-refractivity contribution in [3.63, 3.8) is 0 Å². The average Bonchev–Trinajstić information content (AvgIpc) is 2.67. The first kappa shape index (κ1) is 18.0. The van der Waals surface area contributed by atoms with Crippen LogP contribution in [-0.4, -0.2) is 11.7 Å². The number of phenolic OH excluding ortho intramolecular Hbond substituents is 1. The van der Waals surface area contributed by atoms with E-state index in [-0.39, 0.29) is 0 Å². The highest BCUT2D eigenvalue weighted by Gasteiger charge is 2.03. The van der Waals surface area contributed by atoms with Gasteiger partial charge in [-0.2, -0.15) is 0 Å². The summed E-state index contributed by atoms with van der Waals surface area (Å²) in [4.78, 5) is 0. The molecule has 0 fully saturated rings. The Morgan fingerprint density at radius 3 is 2.23 bits per heavy atom. The molecule has 0 aliphatic carbocycles. The molecule has 0 spiro atoms. The molecule has 3 aromatic rings. The zero-order valence-corrected chi connectivity index (χ0v) is 15.1. The number of aromatic hydroxyl groups is 1. The quantitative estimate of drug-likeness (QED) is 0.609. The lowest BCUT2D eigenvalue weighted by Gasteiger charge is -2.11. The van der Waals surface area contributed by atoms with Gasteiger partial charge in [0.15, 0.2) is 0 Å². The third kappa shape index (κ3) is 5.33. The Hall–Kier alpha value is -2.84. The van der Waals surface area contributed by atoms with Crippen LogP contribution in [0.5, 0.6) is 5.75 Å². The van der Waals surface area contributed by atoms with Gasteiger partial charge in [0.05, 0.1) is 13.2 Å². The highest BCUT2D eigenvalue weighted by Crippen LogP contribution is 2.19. The predicted octanol–water partition coefficient (Wildman–Crippen LogP) is 5.54. The molecular formula is C24H24O2. The molecule has 0 saturated heterocycles. The Morgan fingerprint density at radius 2 is 1.54 bits per heavy atom. The zero-order chi connectivity index (χ0) is 18.2. The van der Waals surface area contributed by atoms with E-state index in [0.717, 1.165) is 12.0 Å². The minimum absolute atomic E-state index is 0.294. The Morgan fingerprint density at radius 1 is 0.846 bits per heavy atom. The van der Waals surface area contributed by atoms with Gasteiger partial charge in [0.1, 0.15) is 5.75 Å². The molecule has 0 saturated carbocycles. The fourth-order valence-corrected chi connectivity index (χ4v) is 2.75. The number of aryl methyl sites for hydroxylation is 1. The summed E-state index contributed by atoms with van der Waals surface area (Å²) in [7, 11) is 0. The summed E-state index contributed by atoms with van der Waals surface area (Å²) in [6.45, 7) is 3.26. The molecule has 132 valence electrons. The van der Waals surface area contributed by atoms with Gasteiger partial charge in [-0.05, 0) is 47.7 Å². The van der Waals surface area contributed by atoms with Crippen molar-refractivity contribution in [2.24, 2.45) is 0 Å². The van der Waals surface area contributed by atoms with E-state index >= 15 is 0 Å². The van der Waals surface area contributed by atoms with Gasteiger partial charge in [0, 0.05) is 0 Å². The van der Waals surface area contributed by atoms with Crippen molar-refractivity contribution in [3.05, 3.63) is 107 Å². The van der Waals surface area contributed by atoms with Crippen LogP contribution >= 0.6 is 0 Å². The molecule has 0 aromatic heterocycles. The van der Waals surface area contributed by atoms with Crippen molar-refractivity contribution in [2.45, 2.75) is 20.0 Å². The summed E-state index contributed by atoms with van der Waals surface area (Å²) >= 11 is 0. The van der Waals surface area contributed by atoms with E-state index in [1.807, 2.05) is 30.3 Å². The maximum atomic E-state index is 9.43. The van der Waals surface area contributed by atoms with Crippen LogP contribution in [-0.2, 0) is 17.8 Å². The topological polar surface area (TPSA) is 29.5 Å². The lowest BCUT2D eigenvalue weighted by molar-refractivity contribution is 0.153. The SMILES string of the molecule is Cc1ccc(/C(=C\Cc2ccc(O)cc2)COCc2ccccc2)cc1. The Labute approximate surface area is 155 Å². The molecule has 0 aliphatic heterocycles. The molecule has 3 rings (SSSR count). The van der Waals surface area contributed by atoms with E-state index in [9.17, 15) is 5.11 Å². The van der Waals surface area contributed by atoms with Gasteiger partial charge >= 0.3 is 0 Å². The molecule has 2 nitrogen and oxygen atoms in total. The minimum atomic E-state index is 0.294. The number of benzene rings is 3. The first-order valence-electron chi connectivity index (χ1n) is 8.86. The second kappa shape index (κ2) is 9.02. The van der Waals surface area contributed by atoms with Crippen molar-refractivity contribution in [3.8, 4) is 5.75 Å². The lowest BCUT2D eigenvalue weighted by Crippen LogP contribution is -2.00. The largest absolute Gasteiger partial charge is 0.508 e. The average molecular weight is 344 g/mol. The highest BCUT2D eigenvalue weighted by molar-refractivity contribution is 5.67. The molecule has 26 heavy (non-hydrogen) atoms. The van der Waals surface area contributed by atoms with Gasteiger partial charge in [-0.25, -0.2) is 0 Å². The van der Waals surface area contributed by atoms with Crippen molar-refractivity contribution in [2.75, 3.05) is 6.61 Å². The number of rotatable bonds is 7. The molecule has 0 heterocycles. The second-order valence-electron chi connectivity index (χ2n) is 6.44. The van der Waals surface area contributed by atoms with Crippen LogP contribution in [0, 0.1) is 6.92 Å². The normalized spacial score (nSPS) is 11.5. The van der Waals surface area contributed by atoms with Crippen LogP contribution in [0.3, 0.4) is 0 Å². The van der Waals surface area contributed by atoms with Crippen LogP contribution < -0.4 is 0 Å². The van der Waals surface area contributed by atoms with Gasteiger partial charge < -0.3 is 9.84 Å². The molecule has 3 aromatic carbocycles. The molecule has 0 radical (unpaired) electrons. The molecule has 2 heteroatoms. The minimum Gasteiger partial charge on any atom is -0.508 e. The Balaban J connectivity index is 1.71. The monoisotopic (exact) mass is 344 g/mol. The maximum absolute atomic E-state index is 9.43. The third-order valence-electron chi connectivity index (χ3n) is 4.31. The Kier molecular flexibility index (Phi) is 6.24. The van der Waals surface area contributed by atoms with Gasteiger partial charge in [0.2, 0.25) is 0 Å². The van der Waals surface area contributed by atoms with Crippen LogP contribution in [0.1, 0.15) is 22.3 Å². The maximum Gasteiger partial charge on any atom is 0.115 e. The fraction of sp³-hybridized carbons (Fsp3) is 0.167. The van der Waals surface area contributed by atoms with Crippen molar-refractivity contribution in [1.29, 1.82) is 0 Å². The van der Waals surface area contributed by atoms with E-state index in [4.69, 9.17) is 4.74 Å². The molecule has 0 unspecified atom stereocenters. The van der Waals surface area contributed by atoms with Gasteiger partial charge in [-0.3, -0.25) is 0 Å². The Bertz CT molecular complexity index is 832. The predicted molar refractivity (Wildman–Crippen MR) is 107 cm³/mol. The van der Waals surface area contributed by atoms with Gasteiger partial charge in [-0.1, -0.05) is 78.4 Å². The van der Waals surface area contributed by atoms with Crippen LogP contribution in [0.2, 0.25) is 0 Å². The van der Waals surface area contributed by atoms with Gasteiger partial charge in [-0.15, -0.1) is 0 Å². The smallest absolute Gasteiger partial charge is 0.115 e. The van der Waals surface area contributed by atoms with Gasteiger partial charge in [0.25, 0.3) is 0 Å². The van der Waals surface area contributed by atoms with Crippen molar-refractivity contribution < 1.29 is 9.84 Å². The molecule has 0 aliphatic rings. The zero-order valence-electron chi connectivity index (χ0n) is 15.1. The fourth-order valence-electron chi connectivity index (χ4n) is 2.75. The first-order valence-corrected chi connectivity index (χ1v) is 8.86. The van der Waals surface area contributed by atoms with Crippen molar-refractivity contribution in [1.82, 2.24) is 0 Å². The van der Waals surface area contributed by atoms with E-state index in [1.165, 1.54) is 22.3 Å². The number of phenols is 1. The summed E-state index contributed by atoms with van der Waals surface area (Å²) in [5.41, 5.74) is 5.94. The lowest BCUT2D eigenvalue weighted by atomic mass is 10.0. The van der Waals surface area contributed by atoms with Crippen LogP contribution in [0.15, 0.2) is 84.9 Å². The number of hydrogen-bond donors (Lipinski definition) is 1. The highest BCUT2D eigenvalue weighted by atomic mass is 16.5. The van der Waals surface area contributed by atoms with Crippen molar-refractivity contribution >= 4 is 5.57 Å². The molecule has 0 atom stereocenters. The number of ether oxygens (including phenoxy) is 1. The number of hydrogen-bond acceptors (Lipinski definition) is 2. The molecule has 1 N–H and O–H groups in total. The number of allylic oxidation sites excluding steroid dienone is 1. The second-order valence-corrected chi connectivity index (χ2v) is 6.44. The summed E-state index contributed by atoms with van der Waals surface area (Å²) in [5.74, 6) is 0.294. The first-order chi connectivity index (χ1) is 12.7. The standard InChI is InChI=1S/C24H24O2/c1-19-7-12-22(13-8-19)23(14-9-20-10-15-24(25)16-11-20)18-26-17-21-5-3-2-4-6-21/h2-8,10-16,25H,9,17-18H2,1H3/b23-14-. The van der Waals surface area contributed by atoms with E-state index < -0.39 is 0 Å². The summed E-state index contributed by atoms with van der Waals surface area (Å²) < 4.78 is 5.97.